The van der Waals surface area contributed by atoms with Crippen molar-refractivity contribution >= 4 is 11.8 Å². The first-order valence-electron chi connectivity index (χ1n) is 8.40. The Morgan fingerprint density at radius 3 is 2.28 bits per heavy atom. The van der Waals surface area contributed by atoms with Gasteiger partial charge in [0, 0.05) is 32.4 Å². The van der Waals surface area contributed by atoms with Crippen molar-refractivity contribution in [2.75, 3.05) is 32.8 Å². The van der Waals surface area contributed by atoms with Crippen LogP contribution in [0.4, 0.5) is 0 Å². The first-order valence-corrected chi connectivity index (χ1v) is 8.40. The van der Waals surface area contributed by atoms with Crippen LogP contribution in [0.2, 0.25) is 0 Å². The fourth-order valence-electron chi connectivity index (χ4n) is 2.74. The molecule has 0 saturated carbocycles. The summed E-state index contributed by atoms with van der Waals surface area (Å²) in [6.07, 6.45) is 1.95. The number of rotatable bonds is 5. The van der Waals surface area contributed by atoms with E-state index in [0.29, 0.717) is 44.9 Å². The highest BCUT2D eigenvalue weighted by atomic mass is 16.5. The minimum atomic E-state index is -0.0832. The number of carbonyl (C=O) groups is 2. The summed E-state index contributed by atoms with van der Waals surface area (Å²) < 4.78 is 5.56. The molecule has 1 fully saturated rings. The van der Waals surface area contributed by atoms with E-state index in [1.54, 1.807) is 34.2 Å². The first-order chi connectivity index (χ1) is 12.2. The zero-order valence-corrected chi connectivity index (χ0v) is 14.0. The Balaban J connectivity index is 1.42. The number of pyridine rings is 1. The number of piperazine rings is 1. The molecule has 130 valence electrons. The van der Waals surface area contributed by atoms with E-state index in [1.807, 2.05) is 30.3 Å². The molecule has 6 heteroatoms. The van der Waals surface area contributed by atoms with Crippen molar-refractivity contribution in [3.05, 3.63) is 60.4 Å². The summed E-state index contributed by atoms with van der Waals surface area (Å²) in [5, 5.41) is 0. The molecule has 1 aromatic heterocycles. The third-order valence-corrected chi connectivity index (χ3v) is 4.13. The summed E-state index contributed by atoms with van der Waals surface area (Å²) in [6.45, 7) is 2.50. The quantitative estimate of drug-likeness (QED) is 0.834. The van der Waals surface area contributed by atoms with Crippen LogP contribution in [0.25, 0.3) is 0 Å². The van der Waals surface area contributed by atoms with E-state index >= 15 is 0 Å². The number of hydrogen-bond donors (Lipinski definition) is 0. The Morgan fingerprint density at radius 2 is 1.60 bits per heavy atom. The smallest absolute Gasteiger partial charge is 0.272 e. The van der Waals surface area contributed by atoms with Crippen LogP contribution < -0.4 is 4.74 Å². The molecule has 0 atom stereocenters. The van der Waals surface area contributed by atoms with Gasteiger partial charge in [-0.25, -0.2) is 0 Å². The number of hydrogen-bond acceptors (Lipinski definition) is 4. The molecule has 0 unspecified atom stereocenters. The van der Waals surface area contributed by atoms with Crippen molar-refractivity contribution in [2.24, 2.45) is 0 Å². The Hall–Kier alpha value is -2.89. The van der Waals surface area contributed by atoms with Gasteiger partial charge in [-0.2, -0.15) is 0 Å². The molecule has 0 N–H and O–H groups in total. The highest BCUT2D eigenvalue weighted by Crippen LogP contribution is 2.10. The van der Waals surface area contributed by atoms with Gasteiger partial charge in [0.2, 0.25) is 5.91 Å². The first kappa shape index (κ1) is 17.0. The van der Waals surface area contributed by atoms with Crippen LogP contribution in [0.5, 0.6) is 5.75 Å². The van der Waals surface area contributed by atoms with Gasteiger partial charge in [0.15, 0.2) is 0 Å². The predicted octanol–water partition coefficient (Wildman–Crippen LogP) is 1.84. The fraction of sp³-hybridized carbons (Fsp3) is 0.316. The van der Waals surface area contributed by atoms with Crippen LogP contribution in [0.1, 0.15) is 16.9 Å². The lowest BCUT2D eigenvalue weighted by molar-refractivity contribution is -0.133. The Morgan fingerprint density at radius 1 is 0.920 bits per heavy atom. The normalized spacial score (nSPS) is 14.2. The number of amides is 2. The molecule has 1 aliphatic rings. The van der Waals surface area contributed by atoms with E-state index in [-0.39, 0.29) is 11.8 Å². The van der Waals surface area contributed by atoms with Crippen LogP contribution in [-0.4, -0.2) is 59.4 Å². The monoisotopic (exact) mass is 339 g/mol. The van der Waals surface area contributed by atoms with E-state index < -0.39 is 0 Å². The molecular formula is C19H21N3O3. The second kappa shape index (κ2) is 8.28. The SMILES string of the molecule is O=C(CCOc1ccccc1)N1CCN(C(=O)c2ccccn2)CC1. The van der Waals surface area contributed by atoms with E-state index in [2.05, 4.69) is 4.98 Å². The molecule has 6 nitrogen and oxygen atoms in total. The van der Waals surface area contributed by atoms with Gasteiger partial charge in [0.05, 0.1) is 13.0 Å². The molecule has 2 aromatic rings. The number of para-hydroxylation sites is 1. The average molecular weight is 339 g/mol. The van der Waals surface area contributed by atoms with Gasteiger partial charge < -0.3 is 14.5 Å². The van der Waals surface area contributed by atoms with Gasteiger partial charge in [-0.3, -0.25) is 14.6 Å². The summed E-state index contributed by atoms with van der Waals surface area (Å²) in [6, 6.07) is 14.7. The Kier molecular flexibility index (Phi) is 5.61. The maximum atomic E-state index is 12.3. The number of aromatic nitrogens is 1. The van der Waals surface area contributed by atoms with Crippen molar-refractivity contribution in [3.8, 4) is 5.75 Å². The highest BCUT2D eigenvalue weighted by molar-refractivity contribution is 5.92. The number of carbonyl (C=O) groups excluding carboxylic acids is 2. The maximum absolute atomic E-state index is 12.3. The van der Waals surface area contributed by atoms with Crippen molar-refractivity contribution in [1.29, 1.82) is 0 Å². The van der Waals surface area contributed by atoms with Crippen LogP contribution in [0, 0.1) is 0 Å². The van der Waals surface area contributed by atoms with Gasteiger partial charge >= 0.3 is 0 Å². The second-order valence-corrected chi connectivity index (χ2v) is 5.80. The summed E-state index contributed by atoms with van der Waals surface area (Å²) >= 11 is 0. The Bertz CT molecular complexity index is 698. The molecule has 0 spiro atoms. The van der Waals surface area contributed by atoms with Crippen molar-refractivity contribution in [1.82, 2.24) is 14.8 Å². The summed E-state index contributed by atoms with van der Waals surface area (Å²) in [5.74, 6) is 0.738. The van der Waals surface area contributed by atoms with Crippen LogP contribution >= 0.6 is 0 Å². The van der Waals surface area contributed by atoms with Crippen LogP contribution in [0.3, 0.4) is 0 Å². The maximum Gasteiger partial charge on any atom is 0.272 e. The molecule has 2 amide bonds. The van der Waals surface area contributed by atoms with Gasteiger partial charge in [-0.05, 0) is 24.3 Å². The van der Waals surface area contributed by atoms with Gasteiger partial charge in [0.25, 0.3) is 5.91 Å². The van der Waals surface area contributed by atoms with Gasteiger partial charge in [-0.1, -0.05) is 24.3 Å². The minimum absolute atomic E-state index is 0.0564. The molecule has 1 aromatic carbocycles. The van der Waals surface area contributed by atoms with Crippen molar-refractivity contribution < 1.29 is 14.3 Å². The molecule has 1 saturated heterocycles. The number of nitrogens with zero attached hydrogens (tertiary/aromatic N) is 3. The third kappa shape index (κ3) is 4.56. The predicted molar refractivity (Wildman–Crippen MR) is 93.3 cm³/mol. The summed E-state index contributed by atoms with van der Waals surface area (Å²) in [5.41, 5.74) is 0.443. The summed E-state index contributed by atoms with van der Waals surface area (Å²) in [4.78, 5) is 32.2. The van der Waals surface area contributed by atoms with Crippen molar-refractivity contribution in [3.63, 3.8) is 0 Å². The van der Waals surface area contributed by atoms with Gasteiger partial charge in [0.1, 0.15) is 11.4 Å². The van der Waals surface area contributed by atoms with E-state index in [0.717, 1.165) is 5.75 Å². The van der Waals surface area contributed by atoms with E-state index in [4.69, 9.17) is 4.74 Å². The molecule has 2 heterocycles. The standard InChI is InChI=1S/C19H21N3O3/c23-18(9-15-25-16-6-2-1-3-7-16)21-11-13-22(14-12-21)19(24)17-8-4-5-10-20-17/h1-8,10H,9,11-15H2. The van der Waals surface area contributed by atoms with E-state index in [9.17, 15) is 9.59 Å². The second-order valence-electron chi connectivity index (χ2n) is 5.80. The highest BCUT2D eigenvalue weighted by Gasteiger charge is 2.25. The topological polar surface area (TPSA) is 62.7 Å². The molecule has 1 aliphatic heterocycles. The zero-order chi connectivity index (χ0) is 17.5. The minimum Gasteiger partial charge on any atom is -0.493 e. The molecule has 0 aliphatic carbocycles. The summed E-state index contributed by atoms with van der Waals surface area (Å²) in [7, 11) is 0. The largest absolute Gasteiger partial charge is 0.493 e. The molecule has 3 rings (SSSR count). The fourth-order valence-corrected chi connectivity index (χ4v) is 2.74. The Labute approximate surface area is 147 Å². The lowest BCUT2D eigenvalue weighted by Gasteiger charge is -2.34. The molecule has 0 bridgehead atoms. The number of ether oxygens (including phenoxy) is 1. The van der Waals surface area contributed by atoms with E-state index in [1.165, 1.54) is 0 Å². The lowest BCUT2D eigenvalue weighted by Crippen LogP contribution is -2.50. The van der Waals surface area contributed by atoms with Crippen LogP contribution in [-0.2, 0) is 4.79 Å². The molecule has 0 radical (unpaired) electrons. The van der Waals surface area contributed by atoms with Crippen LogP contribution in [0.15, 0.2) is 54.7 Å². The third-order valence-electron chi connectivity index (χ3n) is 4.13. The van der Waals surface area contributed by atoms with Gasteiger partial charge in [-0.15, -0.1) is 0 Å². The molecule has 25 heavy (non-hydrogen) atoms. The lowest BCUT2D eigenvalue weighted by atomic mass is 10.2. The molecular weight excluding hydrogens is 318 g/mol. The van der Waals surface area contributed by atoms with Crippen molar-refractivity contribution in [2.45, 2.75) is 6.42 Å². The number of benzene rings is 1. The zero-order valence-electron chi connectivity index (χ0n) is 14.0. The average Bonchev–Trinajstić information content (AvgIpc) is 2.69.